The summed E-state index contributed by atoms with van der Waals surface area (Å²) in [6.07, 6.45) is 0.893. The van der Waals surface area contributed by atoms with Gasteiger partial charge in [-0.15, -0.1) is 0 Å². The largest absolute Gasteiger partial charge is 0.382 e. The lowest BCUT2D eigenvalue weighted by Gasteiger charge is -2.11. The molecule has 2 rings (SSSR count). The molecule has 17 heavy (non-hydrogen) atoms. The Morgan fingerprint density at radius 2 is 1.94 bits per heavy atom. The van der Waals surface area contributed by atoms with Crippen LogP contribution in [0.15, 0.2) is 36.5 Å². The molecule has 1 heterocycles. The number of hydrogen-bond acceptors (Lipinski definition) is 2. The van der Waals surface area contributed by atoms with Crippen molar-refractivity contribution in [1.82, 2.24) is 4.98 Å². The second-order valence-electron chi connectivity index (χ2n) is 4.17. The molecule has 0 aliphatic heterocycles. The van der Waals surface area contributed by atoms with Crippen LogP contribution in [-0.2, 0) is 0 Å². The minimum absolute atomic E-state index is 0.266. The van der Waals surface area contributed by atoms with Gasteiger partial charge in [-0.3, -0.25) is 4.98 Å². The van der Waals surface area contributed by atoms with Crippen molar-refractivity contribution in [3.63, 3.8) is 0 Å². The van der Waals surface area contributed by atoms with Crippen LogP contribution in [0.25, 0.3) is 0 Å². The maximum absolute atomic E-state index is 13.1. The van der Waals surface area contributed by atoms with Gasteiger partial charge in [-0.05, 0) is 42.7 Å². The highest BCUT2D eigenvalue weighted by atomic mass is 19.1. The van der Waals surface area contributed by atoms with Gasteiger partial charge in [0.05, 0.1) is 5.69 Å². The molecule has 1 N–H and O–H groups in total. The van der Waals surface area contributed by atoms with Gasteiger partial charge in [-0.25, -0.2) is 4.39 Å². The zero-order valence-corrected chi connectivity index (χ0v) is 9.81. The van der Waals surface area contributed by atoms with Crippen molar-refractivity contribution >= 4 is 0 Å². The van der Waals surface area contributed by atoms with E-state index in [1.807, 2.05) is 13.0 Å². The van der Waals surface area contributed by atoms with Gasteiger partial charge in [0.1, 0.15) is 11.9 Å². The molecule has 0 bridgehead atoms. The summed E-state index contributed by atoms with van der Waals surface area (Å²) in [5.41, 5.74) is 2.78. The Bertz CT molecular complexity index is 522. The summed E-state index contributed by atoms with van der Waals surface area (Å²) in [6.45, 7) is 3.61. The van der Waals surface area contributed by atoms with Crippen molar-refractivity contribution in [2.24, 2.45) is 0 Å². The number of aryl methyl sites for hydroxylation is 2. The van der Waals surface area contributed by atoms with Crippen LogP contribution < -0.4 is 0 Å². The monoisotopic (exact) mass is 231 g/mol. The summed E-state index contributed by atoms with van der Waals surface area (Å²) >= 11 is 0. The molecule has 0 fully saturated rings. The number of aromatic nitrogens is 1. The van der Waals surface area contributed by atoms with Crippen LogP contribution in [0.4, 0.5) is 4.39 Å². The molecule has 2 aromatic rings. The summed E-state index contributed by atoms with van der Waals surface area (Å²) in [5, 5.41) is 10.1. The maximum Gasteiger partial charge on any atom is 0.126 e. The van der Waals surface area contributed by atoms with Crippen molar-refractivity contribution in [3.8, 4) is 0 Å². The quantitative estimate of drug-likeness (QED) is 0.862. The van der Waals surface area contributed by atoms with Crippen molar-refractivity contribution in [2.45, 2.75) is 20.0 Å². The molecule has 88 valence electrons. The van der Waals surface area contributed by atoms with Crippen LogP contribution in [0.1, 0.15) is 28.5 Å². The summed E-state index contributed by atoms with van der Waals surface area (Å²) in [5.74, 6) is -0.266. The van der Waals surface area contributed by atoms with Gasteiger partial charge in [0.25, 0.3) is 0 Å². The second-order valence-corrected chi connectivity index (χ2v) is 4.17. The van der Waals surface area contributed by atoms with Crippen LogP contribution in [0.3, 0.4) is 0 Å². The van der Waals surface area contributed by atoms with Crippen LogP contribution >= 0.6 is 0 Å². The zero-order valence-electron chi connectivity index (χ0n) is 9.81. The number of benzene rings is 1. The number of aliphatic hydroxyl groups is 1. The van der Waals surface area contributed by atoms with E-state index in [-0.39, 0.29) is 5.82 Å². The van der Waals surface area contributed by atoms with Gasteiger partial charge in [-0.2, -0.15) is 0 Å². The third-order valence-electron chi connectivity index (χ3n) is 2.71. The Morgan fingerprint density at radius 1 is 1.18 bits per heavy atom. The minimum atomic E-state index is -0.810. The normalized spacial score (nSPS) is 12.5. The van der Waals surface area contributed by atoms with Gasteiger partial charge in [0.2, 0.25) is 0 Å². The van der Waals surface area contributed by atoms with E-state index in [1.165, 1.54) is 6.07 Å². The maximum atomic E-state index is 13.1. The Labute approximate surface area is 99.8 Å². The smallest absolute Gasteiger partial charge is 0.126 e. The topological polar surface area (TPSA) is 33.1 Å². The molecule has 1 unspecified atom stereocenters. The minimum Gasteiger partial charge on any atom is -0.382 e. The molecule has 1 atom stereocenters. The Balaban J connectivity index is 2.33. The highest BCUT2D eigenvalue weighted by Crippen LogP contribution is 2.22. The number of hydrogen-bond donors (Lipinski definition) is 1. The summed E-state index contributed by atoms with van der Waals surface area (Å²) in [4.78, 5) is 4.16. The fourth-order valence-electron chi connectivity index (χ4n) is 1.65. The first kappa shape index (κ1) is 11.7. The third kappa shape index (κ3) is 2.50. The molecular formula is C14H14FNO. The summed E-state index contributed by atoms with van der Waals surface area (Å²) in [6, 6.07) is 8.25. The molecule has 1 aromatic carbocycles. The average molecular weight is 231 g/mol. The van der Waals surface area contributed by atoms with E-state index in [0.29, 0.717) is 16.8 Å². The number of nitrogens with zero attached hydrogens (tertiary/aromatic N) is 1. The molecule has 0 aliphatic rings. The molecule has 0 amide bonds. The predicted octanol–water partition coefficient (Wildman–Crippen LogP) is 2.92. The number of rotatable bonds is 2. The van der Waals surface area contributed by atoms with Crippen LogP contribution in [-0.4, -0.2) is 10.1 Å². The predicted molar refractivity (Wildman–Crippen MR) is 64.2 cm³/mol. The molecule has 0 saturated carbocycles. The molecular weight excluding hydrogens is 217 g/mol. The number of halogens is 1. The SMILES string of the molecule is Cc1ccc(C(O)c2ccc(F)c(C)c2)nc1. The standard InChI is InChI=1S/C14H14FNO/c1-9-3-6-13(16-8-9)14(17)11-4-5-12(15)10(2)7-11/h3-8,14,17H,1-2H3. The lowest BCUT2D eigenvalue weighted by Crippen LogP contribution is -2.03. The second kappa shape index (κ2) is 4.63. The van der Waals surface area contributed by atoms with Gasteiger partial charge in [-0.1, -0.05) is 18.2 Å². The molecule has 0 radical (unpaired) electrons. The molecule has 3 heteroatoms. The number of aliphatic hydroxyl groups excluding tert-OH is 1. The fraction of sp³-hybridized carbons (Fsp3) is 0.214. The van der Waals surface area contributed by atoms with Crippen molar-refractivity contribution < 1.29 is 9.50 Å². The van der Waals surface area contributed by atoms with E-state index in [2.05, 4.69) is 4.98 Å². The van der Waals surface area contributed by atoms with E-state index in [1.54, 1.807) is 31.3 Å². The van der Waals surface area contributed by atoms with Gasteiger partial charge < -0.3 is 5.11 Å². The van der Waals surface area contributed by atoms with E-state index in [0.717, 1.165) is 5.56 Å². The van der Waals surface area contributed by atoms with Crippen molar-refractivity contribution in [1.29, 1.82) is 0 Å². The molecule has 1 aromatic heterocycles. The summed E-state index contributed by atoms with van der Waals surface area (Å²) in [7, 11) is 0. The van der Waals surface area contributed by atoms with Crippen molar-refractivity contribution in [3.05, 3.63) is 64.7 Å². The highest BCUT2D eigenvalue weighted by molar-refractivity contribution is 5.30. The number of pyridine rings is 1. The fourth-order valence-corrected chi connectivity index (χ4v) is 1.65. The highest BCUT2D eigenvalue weighted by Gasteiger charge is 2.12. The molecule has 0 saturated heterocycles. The average Bonchev–Trinajstić information content (AvgIpc) is 2.33. The van der Waals surface area contributed by atoms with E-state index in [9.17, 15) is 9.50 Å². The molecule has 0 aliphatic carbocycles. The Hall–Kier alpha value is -1.74. The van der Waals surface area contributed by atoms with E-state index < -0.39 is 6.10 Å². The lowest BCUT2D eigenvalue weighted by molar-refractivity contribution is 0.215. The lowest BCUT2D eigenvalue weighted by atomic mass is 10.0. The zero-order chi connectivity index (χ0) is 12.4. The van der Waals surface area contributed by atoms with E-state index in [4.69, 9.17) is 0 Å². The van der Waals surface area contributed by atoms with Crippen LogP contribution in [0, 0.1) is 19.7 Å². The Morgan fingerprint density at radius 3 is 2.53 bits per heavy atom. The first-order chi connectivity index (χ1) is 8.08. The van der Waals surface area contributed by atoms with Gasteiger partial charge >= 0.3 is 0 Å². The van der Waals surface area contributed by atoms with Crippen LogP contribution in [0.2, 0.25) is 0 Å². The third-order valence-corrected chi connectivity index (χ3v) is 2.71. The van der Waals surface area contributed by atoms with E-state index >= 15 is 0 Å². The Kier molecular flexibility index (Phi) is 3.20. The molecule has 2 nitrogen and oxygen atoms in total. The van der Waals surface area contributed by atoms with Crippen molar-refractivity contribution in [2.75, 3.05) is 0 Å². The van der Waals surface area contributed by atoms with Gasteiger partial charge in [0.15, 0.2) is 0 Å². The first-order valence-electron chi connectivity index (χ1n) is 5.44. The van der Waals surface area contributed by atoms with Gasteiger partial charge in [0, 0.05) is 6.20 Å². The van der Waals surface area contributed by atoms with Crippen LogP contribution in [0.5, 0.6) is 0 Å². The summed E-state index contributed by atoms with van der Waals surface area (Å²) < 4.78 is 13.1. The first-order valence-corrected chi connectivity index (χ1v) is 5.44. The molecule has 0 spiro atoms.